The van der Waals surface area contributed by atoms with Crippen LogP contribution in [0.4, 0.5) is 0 Å². The Morgan fingerprint density at radius 2 is 2.21 bits per heavy atom. The number of ether oxygens (including phenoxy) is 1. The molecular weight excluding hydrogens is 172 g/mol. The second-order valence-corrected chi connectivity index (χ2v) is 3.88. The van der Waals surface area contributed by atoms with Crippen LogP contribution >= 0.6 is 0 Å². The van der Waals surface area contributed by atoms with Gasteiger partial charge in [0.05, 0.1) is 6.61 Å². The molecular formula is C13H24O. The average Bonchev–Trinajstić information content (AvgIpc) is 2.21. The third kappa shape index (κ3) is 8.06. The van der Waals surface area contributed by atoms with Gasteiger partial charge in [0.2, 0.25) is 0 Å². The van der Waals surface area contributed by atoms with Gasteiger partial charge in [-0.2, -0.15) is 0 Å². The van der Waals surface area contributed by atoms with Gasteiger partial charge in [-0.15, -0.1) is 6.58 Å². The van der Waals surface area contributed by atoms with Crippen molar-refractivity contribution in [2.24, 2.45) is 5.92 Å². The molecule has 0 spiro atoms. The molecule has 0 aliphatic rings. The van der Waals surface area contributed by atoms with Crippen molar-refractivity contribution in [3.8, 4) is 0 Å². The molecule has 0 rings (SSSR count). The Morgan fingerprint density at radius 3 is 2.79 bits per heavy atom. The fourth-order valence-corrected chi connectivity index (χ4v) is 1.10. The average molecular weight is 196 g/mol. The summed E-state index contributed by atoms with van der Waals surface area (Å²) < 4.78 is 5.39. The molecule has 1 heteroatoms. The molecule has 14 heavy (non-hydrogen) atoms. The number of hydrogen-bond donors (Lipinski definition) is 0. The van der Waals surface area contributed by atoms with Crippen LogP contribution in [0, 0.1) is 5.92 Å². The highest BCUT2D eigenvalue weighted by Gasteiger charge is 1.96. The summed E-state index contributed by atoms with van der Waals surface area (Å²) in [5.74, 6) is 0.620. The molecule has 0 N–H and O–H groups in total. The van der Waals surface area contributed by atoms with Gasteiger partial charge in [0.1, 0.15) is 0 Å². The van der Waals surface area contributed by atoms with Gasteiger partial charge >= 0.3 is 0 Å². The second-order valence-electron chi connectivity index (χ2n) is 3.88. The van der Waals surface area contributed by atoms with Crippen LogP contribution in [0.2, 0.25) is 0 Å². The minimum absolute atomic E-state index is 0.620. The third-order valence-electron chi connectivity index (χ3n) is 2.29. The summed E-state index contributed by atoms with van der Waals surface area (Å²) in [4.78, 5) is 0. The first-order valence-electron chi connectivity index (χ1n) is 5.56. The number of rotatable bonds is 8. The molecule has 0 saturated carbocycles. The third-order valence-corrected chi connectivity index (χ3v) is 2.29. The predicted molar refractivity (Wildman–Crippen MR) is 63.5 cm³/mol. The maximum Gasteiger partial charge on any atom is 0.0649 e. The van der Waals surface area contributed by atoms with E-state index in [1.807, 2.05) is 6.08 Å². The summed E-state index contributed by atoms with van der Waals surface area (Å²) in [6.07, 6.45) is 7.65. The Balaban J connectivity index is 3.51. The van der Waals surface area contributed by atoms with Crippen LogP contribution in [0.15, 0.2) is 24.3 Å². The first-order valence-corrected chi connectivity index (χ1v) is 5.56. The van der Waals surface area contributed by atoms with Gasteiger partial charge in [0, 0.05) is 6.61 Å². The van der Waals surface area contributed by atoms with Crippen LogP contribution in [-0.2, 0) is 4.74 Å². The molecule has 0 aromatic carbocycles. The van der Waals surface area contributed by atoms with Gasteiger partial charge < -0.3 is 4.74 Å². The smallest absolute Gasteiger partial charge is 0.0649 e. The standard InChI is InChI=1S/C13H24O/c1-5-10-14-11-9-13(4)8-7-12(3)6-2/h6,9,12H,2,5,7-8,10-11H2,1,3-4H3/b13-9+. The molecule has 0 bridgehead atoms. The van der Waals surface area contributed by atoms with Crippen molar-refractivity contribution in [1.82, 2.24) is 0 Å². The molecule has 0 aliphatic heterocycles. The van der Waals surface area contributed by atoms with Gasteiger partial charge in [-0.05, 0) is 32.1 Å². The van der Waals surface area contributed by atoms with Crippen molar-refractivity contribution in [2.75, 3.05) is 13.2 Å². The first kappa shape index (κ1) is 13.4. The molecule has 0 amide bonds. The first-order chi connectivity index (χ1) is 6.70. The van der Waals surface area contributed by atoms with Crippen molar-refractivity contribution >= 4 is 0 Å². The van der Waals surface area contributed by atoms with Gasteiger partial charge in [-0.25, -0.2) is 0 Å². The maximum atomic E-state index is 5.39. The quantitative estimate of drug-likeness (QED) is 0.422. The summed E-state index contributed by atoms with van der Waals surface area (Å²) in [6, 6.07) is 0. The SMILES string of the molecule is C=CC(C)CC/C(C)=C/COCCC. The van der Waals surface area contributed by atoms with Crippen molar-refractivity contribution in [1.29, 1.82) is 0 Å². The van der Waals surface area contributed by atoms with E-state index in [-0.39, 0.29) is 0 Å². The zero-order valence-corrected chi connectivity index (χ0v) is 9.88. The predicted octanol–water partition coefficient (Wildman–Crippen LogP) is 3.96. The van der Waals surface area contributed by atoms with E-state index >= 15 is 0 Å². The summed E-state index contributed by atoms with van der Waals surface area (Å²) in [5, 5.41) is 0. The molecule has 0 aromatic heterocycles. The zero-order valence-electron chi connectivity index (χ0n) is 9.88. The Morgan fingerprint density at radius 1 is 1.50 bits per heavy atom. The summed E-state index contributed by atoms with van der Waals surface area (Å²) >= 11 is 0. The molecule has 1 nitrogen and oxygen atoms in total. The molecule has 0 aromatic rings. The van der Waals surface area contributed by atoms with Gasteiger partial charge in [0.15, 0.2) is 0 Å². The largest absolute Gasteiger partial charge is 0.377 e. The summed E-state index contributed by atoms with van der Waals surface area (Å²) in [6.45, 7) is 11.9. The second kappa shape index (κ2) is 9.01. The van der Waals surface area contributed by atoms with E-state index in [1.54, 1.807) is 0 Å². The van der Waals surface area contributed by atoms with Gasteiger partial charge in [-0.3, -0.25) is 0 Å². The molecule has 0 radical (unpaired) electrons. The van der Waals surface area contributed by atoms with E-state index in [4.69, 9.17) is 4.74 Å². The Hall–Kier alpha value is -0.560. The number of hydrogen-bond acceptors (Lipinski definition) is 1. The van der Waals surface area contributed by atoms with Crippen LogP contribution in [0.25, 0.3) is 0 Å². The minimum Gasteiger partial charge on any atom is -0.377 e. The molecule has 0 fully saturated rings. The fraction of sp³-hybridized carbons (Fsp3) is 0.692. The topological polar surface area (TPSA) is 9.23 Å². The number of allylic oxidation sites excluding steroid dienone is 2. The maximum absolute atomic E-state index is 5.39. The molecule has 0 saturated heterocycles. The van der Waals surface area contributed by atoms with E-state index in [2.05, 4.69) is 33.4 Å². The van der Waals surface area contributed by atoms with E-state index in [1.165, 1.54) is 12.0 Å². The van der Waals surface area contributed by atoms with E-state index < -0.39 is 0 Å². The highest BCUT2D eigenvalue weighted by atomic mass is 16.5. The summed E-state index contributed by atoms with van der Waals surface area (Å²) in [5.41, 5.74) is 1.43. The Labute approximate surface area is 88.9 Å². The monoisotopic (exact) mass is 196 g/mol. The lowest BCUT2D eigenvalue weighted by Crippen LogP contribution is -1.94. The van der Waals surface area contributed by atoms with Crippen molar-refractivity contribution in [2.45, 2.75) is 40.0 Å². The van der Waals surface area contributed by atoms with E-state index in [9.17, 15) is 0 Å². The Bertz CT molecular complexity index is 170. The lowest BCUT2D eigenvalue weighted by Gasteiger charge is -2.05. The van der Waals surface area contributed by atoms with Crippen LogP contribution in [0.3, 0.4) is 0 Å². The fourth-order valence-electron chi connectivity index (χ4n) is 1.10. The highest BCUT2D eigenvalue weighted by Crippen LogP contribution is 2.11. The van der Waals surface area contributed by atoms with Crippen LogP contribution in [0.1, 0.15) is 40.0 Å². The summed E-state index contributed by atoms with van der Waals surface area (Å²) in [7, 11) is 0. The molecule has 1 unspecified atom stereocenters. The van der Waals surface area contributed by atoms with Crippen LogP contribution in [0.5, 0.6) is 0 Å². The van der Waals surface area contributed by atoms with E-state index in [0.717, 1.165) is 26.1 Å². The lowest BCUT2D eigenvalue weighted by atomic mass is 10.0. The molecule has 82 valence electrons. The van der Waals surface area contributed by atoms with Gasteiger partial charge in [0.25, 0.3) is 0 Å². The zero-order chi connectivity index (χ0) is 10.8. The van der Waals surface area contributed by atoms with Crippen LogP contribution < -0.4 is 0 Å². The van der Waals surface area contributed by atoms with Crippen LogP contribution in [-0.4, -0.2) is 13.2 Å². The normalized spacial score (nSPS) is 14.1. The van der Waals surface area contributed by atoms with E-state index in [0.29, 0.717) is 5.92 Å². The molecule has 1 atom stereocenters. The van der Waals surface area contributed by atoms with Gasteiger partial charge in [-0.1, -0.05) is 31.6 Å². The highest BCUT2D eigenvalue weighted by molar-refractivity contribution is 4.98. The van der Waals surface area contributed by atoms with Crippen molar-refractivity contribution in [3.05, 3.63) is 24.3 Å². The Kier molecular flexibility index (Phi) is 8.65. The van der Waals surface area contributed by atoms with Crippen molar-refractivity contribution in [3.63, 3.8) is 0 Å². The minimum atomic E-state index is 0.620. The molecule has 0 heterocycles. The lowest BCUT2D eigenvalue weighted by molar-refractivity contribution is 0.162. The molecule has 0 aliphatic carbocycles. The van der Waals surface area contributed by atoms with Crippen molar-refractivity contribution < 1.29 is 4.74 Å².